The van der Waals surface area contributed by atoms with Crippen molar-refractivity contribution in [3.63, 3.8) is 0 Å². The molecule has 3 N–H and O–H groups in total. The van der Waals surface area contributed by atoms with E-state index in [1.165, 1.54) is 19.3 Å². The smallest absolute Gasteiger partial charge is 0.314 e. The van der Waals surface area contributed by atoms with Crippen molar-refractivity contribution in [3.8, 4) is 0 Å². The number of furan rings is 1. The van der Waals surface area contributed by atoms with Crippen molar-refractivity contribution in [2.75, 3.05) is 32.8 Å². The summed E-state index contributed by atoms with van der Waals surface area (Å²) in [6, 6.07) is 3.64. The van der Waals surface area contributed by atoms with Gasteiger partial charge in [-0.05, 0) is 38.1 Å². The van der Waals surface area contributed by atoms with Crippen LogP contribution in [0.2, 0.25) is 0 Å². The number of urea groups is 1. The molecule has 0 spiro atoms. The van der Waals surface area contributed by atoms with Gasteiger partial charge in [-0.1, -0.05) is 6.42 Å². The summed E-state index contributed by atoms with van der Waals surface area (Å²) in [5.41, 5.74) is 0. The summed E-state index contributed by atoms with van der Waals surface area (Å²) in [5, 5.41) is 14.1. The lowest BCUT2D eigenvalue weighted by molar-refractivity contribution is 0.143. The average molecular weight is 281 g/mol. The summed E-state index contributed by atoms with van der Waals surface area (Å²) >= 11 is 0. The lowest BCUT2D eigenvalue weighted by Crippen LogP contribution is -2.44. The number of nitrogens with zero attached hydrogens (tertiary/aromatic N) is 1. The highest BCUT2D eigenvalue weighted by Gasteiger charge is 2.24. The summed E-state index contributed by atoms with van der Waals surface area (Å²) in [6.07, 6.45) is 5.31. The van der Waals surface area contributed by atoms with E-state index in [2.05, 4.69) is 15.5 Å². The number of likely N-dealkylation sites (tertiary alicyclic amines) is 1. The summed E-state index contributed by atoms with van der Waals surface area (Å²) in [5.74, 6) is 0.884. The zero-order valence-electron chi connectivity index (χ0n) is 11.7. The summed E-state index contributed by atoms with van der Waals surface area (Å²) < 4.78 is 5.51. The molecule has 20 heavy (non-hydrogen) atoms. The largest absolute Gasteiger partial charge is 0.468 e. The predicted molar refractivity (Wildman–Crippen MR) is 75.4 cm³/mol. The molecule has 1 aromatic heterocycles. The number of aliphatic hydroxyl groups is 1. The Labute approximate surface area is 119 Å². The second kappa shape index (κ2) is 7.91. The van der Waals surface area contributed by atoms with Crippen LogP contribution in [0.15, 0.2) is 22.8 Å². The molecular weight excluding hydrogens is 258 g/mol. The van der Waals surface area contributed by atoms with Crippen LogP contribution in [0.5, 0.6) is 0 Å². The summed E-state index contributed by atoms with van der Waals surface area (Å²) in [6.45, 7) is 2.78. The highest BCUT2D eigenvalue weighted by atomic mass is 16.3. The number of rotatable bonds is 6. The molecule has 0 aliphatic carbocycles. The Morgan fingerprint density at radius 2 is 2.15 bits per heavy atom. The van der Waals surface area contributed by atoms with Gasteiger partial charge in [0.2, 0.25) is 0 Å². The molecule has 0 aromatic carbocycles. The van der Waals surface area contributed by atoms with Gasteiger partial charge in [-0.15, -0.1) is 0 Å². The number of aliphatic hydroxyl groups excluding tert-OH is 1. The van der Waals surface area contributed by atoms with Gasteiger partial charge in [-0.2, -0.15) is 0 Å². The Balaban J connectivity index is 1.91. The maximum atomic E-state index is 11.6. The normalized spacial score (nSPS) is 17.6. The first-order chi connectivity index (χ1) is 9.81. The first-order valence-corrected chi connectivity index (χ1v) is 7.21. The van der Waals surface area contributed by atoms with E-state index in [4.69, 9.17) is 9.52 Å². The molecule has 0 saturated carbocycles. The number of amides is 2. The van der Waals surface area contributed by atoms with Gasteiger partial charge in [0.25, 0.3) is 0 Å². The standard InChI is InChI=1S/C14H23N3O3/c18-9-6-15-14(19)16-11-12(13-5-4-10-20-13)17-7-2-1-3-8-17/h4-5,10,12,18H,1-3,6-9,11H2,(H2,15,16,19). The van der Waals surface area contributed by atoms with Crippen LogP contribution in [0.3, 0.4) is 0 Å². The van der Waals surface area contributed by atoms with E-state index in [0.29, 0.717) is 6.54 Å². The lowest BCUT2D eigenvalue weighted by atomic mass is 10.1. The molecule has 0 radical (unpaired) electrons. The highest BCUT2D eigenvalue weighted by Crippen LogP contribution is 2.24. The van der Waals surface area contributed by atoms with Crippen LogP contribution in [-0.2, 0) is 0 Å². The third kappa shape index (κ3) is 4.25. The molecule has 1 fully saturated rings. The van der Waals surface area contributed by atoms with Crippen molar-refractivity contribution >= 4 is 6.03 Å². The number of nitrogens with one attached hydrogen (secondary N) is 2. The van der Waals surface area contributed by atoms with Crippen molar-refractivity contribution < 1.29 is 14.3 Å². The van der Waals surface area contributed by atoms with Gasteiger partial charge in [0, 0.05) is 13.1 Å². The minimum Gasteiger partial charge on any atom is -0.468 e. The molecule has 2 rings (SSSR count). The van der Waals surface area contributed by atoms with Crippen LogP contribution >= 0.6 is 0 Å². The topological polar surface area (TPSA) is 77.7 Å². The highest BCUT2D eigenvalue weighted by molar-refractivity contribution is 5.73. The van der Waals surface area contributed by atoms with E-state index in [9.17, 15) is 4.79 Å². The van der Waals surface area contributed by atoms with Crippen molar-refractivity contribution in [1.29, 1.82) is 0 Å². The van der Waals surface area contributed by atoms with Crippen molar-refractivity contribution in [2.45, 2.75) is 25.3 Å². The molecule has 2 heterocycles. The Morgan fingerprint density at radius 1 is 1.35 bits per heavy atom. The molecule has 1 saturated heterocycles. The monoisotopic (exact) mass is 281 g/mol. The molecule has 1 atom stereocenters. The molecule has 112 valence electrons. The number of hydrogen-bond acceptors (Lipinski definition) is 4. The van der Waals surface area contributed by atoms with Crippen molar-refractivity contribution in [1.82, 2.24) is 15.5 Å². The Morgan fingerprint density at radius 3 is 2.80 bits per heavy atom. The van der Waals surface area contributed by atoms with E-state index >= 15 is 0 Å². The molecule has 6 nitrogen and oxygen atoms in total. The fourth-order valence-corrected chi connectivity index (χ4v) is 2.54. The van der Waals surface area contributed by atoms with Crippen LogP contribution in [-0.4, -0.2) is 48.8 Å². The van der Waals surface area contributed by atoms with Crippen LogP contribution in [0.1, 0.15) is 31.1 Å². The minimum absolute atomic E-state index is 0.0544. The molecule has 6 heteroatoms. The van der Waals surface area contributed by atoms with Gasteiger partial charge < -0.3 is 20.2 Å². The van der Waals surface area contributed by atoms with Crippen LogP contribution in [0.4, 0.5) is 4.79 Å². The van der Waals surface area contributed by atoms with E-state index in [-0.39, 0.29) is 25.2 Å². The van der Waals surface area contributed by atoms with Crippen LogP contribution in [0, 0.1) is 0 Å². The Bertz CT molecular complexity index is 388. The van der Waals surface area contributed by atoms with Gasteiger partial charge >= 0.3 is 6.03 Å². The average Bonchev–Trinajstić information content (AvgIpc) is 3.00. The Hall–Kier alpha value is -1.53. The third-order valence-electron chi connectivity index (χ3n) is 3.56. The van der Waals surface area contributed by atoms with Gasteiger partial charge in [0.15, 0.2) is 0 Å². The van der Waals surface area contributed by atoms with Gasteiger partial charge in [0.1, 0.15) is 5.76 Å². The van der Waals surface area contributed by atoms with E-state index < -0.39 is 0 Å². The quantitative estimate of drug-likeness (QED) is 0.729. The van der Waals surface area contributed by atoms with Gasteiger partial charge in [0.05, 0.1) is 18.9 Å². The molecule has 1 aromatic rings. The fourth-order valence-electron chi connectivity index (χ4n) is 2.54. The minimum atomic E-state index is -0.257. The molecule has 1 aliphatic heterocycles. The first kappa shape index (κ1) is 14.9. The zero-order valence-corrected chi connectivity index (χ0v) is 11.7. The molecule has 1 aliphatic rings. The molecule has 0 bridgehead atoms. The van der Waals surface area contributed by atoms with E-state index in [1.807, 2.05) is 12.1 Å². The number of carbonyl (C=O) groups excluding carboxylic acids is 1. The van der Waals surface area contributed by atoms with Gasteiger partial charge in [-0.3, -0.25) is 4.90 Å². The first-order valence-electron chi connectivity index (χ1n) is 7.21. The second-order valence-corrected chi connectivity index (χ2v) is 4.99. The zero-order chi connectivity index (χ0) is 14.2. The number of hydrogen-bond donors (Lipinski definition) is 3. The molecular formula is C14H23N3O3. The van der Waals surface area contributed by atoms with Crippen LogP contribution in [0.25, 0.3) is 0 Å². The lowest BCUT2D eigenvalue weighted by Gasteiger charge is -2.33. The van der Waals surface area contributed by atoms with Gasteiger partial charge in [-0.25, -0.2) is 4.79 Å². The van der Waals surface area contributed by atoms with Crippen molar-refractivity contribution in [3.05, 3.63) is 24.2 Å². The SMILES string of the molecule is O=C(NCCO)NCC(c1ccco1)N1CCCCC1. The molecule has 1 unspecified atom stereocenters. The molecule has 2 amide bonds. The van der Waals surface area contributed by atoms with Crippen molar-refractivity contribution in [2.24, 2.45) is 0 Å². The van der Waals surface area contributed by atoms with Crippen LogP contribution < -0.4 is 10.6 Å². The Kier molecular flexibility index (Phi) is 5.88. The van der Waals surface area contributed by atoms with E-state index in [1.54, 1.807) is 6.26 Å². The summed E-state index contributed by atoms with van der Waals surface area (Å²) in [4.78, 5) is 13.9. The maximum Gasteiger partial charge on any atom is 0.314 e. The predicted octanol–water partition coefficient (Wildman–Crippen LogP) is 1.10. The third-order valence-corrected chi connectivity index (χ3v) is 3.56. The second-order valence-electron chi connectivity index (χ2n) is 4.99. The maximum absolute atomic E-state index is 11.6. The summed E-state index contributed by atoms with van der Waals surface area (Å²) in [7, 11) is 0. The number of piperidine rings is 1. The number of carbonyl (C=O) groups is 1. The van der Waals surface area contributed by atoms with E-state index in [0.717, 1.165) is 18.8 Å². The fraction of sp³-hybridized carbons (Fsp3) is 0.643.